The van der Waals surface area contributed by atoms with Crippen LogP contribution in [0.3, 0.4) is 0 Å². The predicted octanol–water partition coefficient (Wildman–Crippen LogP) is 2.49. The van der Waals surface area contributed by atoms with Gasteiger partial charge in [0.15, 0.2) is 0 Å². The lowest BCUT2D eigenvalue weighted by molar-refractivity contribution is -0.125. The lowest BCUT2D eigenvalue weighted by Crippen LogP contribution is -2.33. The summed E-state index contributed by atoms with van der Waals surface area (Å²) < 4.78 is 27.2. The van der Waals surface area contributed by atoms with Crippen LogP contribution in [0.5, 0.6) is 0 Å². The third-order valence-corrected chi connectivity index (χ3v) is 3.00. The number of likely N-dealkylation sites (tertiary alicyclic amines) is 1. The second-order valence-electron chi connectivity index (χ2n) is 3.70. The van der Waals surface area contributed by atoms with Crippen molar-refractivity contribution in [1.82, 2.24) is 4.90 Å². The Morgan fingerprint density at radius 3 is 2.35 bits per heavy atom. The van der Waals surface area contributed by atoms with E-state index in [1.807, 2.05) is 0 Å². The van der Waals surface area contributed by atoms with E-state index in [-0.39, 0.29) is 17.4 Å². The second kappa shape index (κ2) is 4.52. The van der Waals surface area contributed by atoms with E-state index in [0.29, 0.717) is 6.42 Å². The number of hydrogen-bond donors (Lipinski definition) is 0. The van der Waals surface area contributed by atoms with Gasteiger partial charge in [-0.3, -0.25) is 14.5 Å². The summed E-state index contributed by atoms with van der Waals surface area (Å²) in [4.78, 5) is 24.0. The van der Waals surface area contributed by atoms with E-state index in [1.165, 1.54) is 0 Å². The van der Waals surface area contributed by atoms with Crippen LogP contribution in [0.2, 0.25) is 0 Å². The van der Waals surface area contributed by atoms with Crippen molar-refractivity contribution in [2.24, 2.45) is 0 Å². The van der Waals surface area contributed by atoms with Gasteiger partial charge in [-0.25, -0.2) is 8.78 Å². The molecule has 17 heavy (non-hydrogen) atoms. The number of carbonyl (C=O) groups is 2. The zero-order valence-electron chi connectivity index (χ0n) is 8.67. The number of amides is 2. The van der Waals surface area contributed by atoms with E-state index in [1.54, 1.807) is 0 Å². The first-order valence-electron chi connectivity index (χ1n) is 5.00. The van der Waals surface area contributed by atoms with Gasteiger partial charge >= 0.3 is 0 Å². The largest absolute Gasteiger partial charge is 0.278 e. The second-order valence-corrected chi connectivity index (χ2v) is 4.61. The molecule has 1 aromatic carbocycles. The molecule has 0 atom stereocenters. The minimum absolute atomic E-state index is 0.205. The van der Waals surface area contributed by atoms with Crippen LogP contribution in [-0.2, 0) is 4.79 Å². The van der Waals surface area contributed by atoms with Crippen molar-refractivity contribution < 1.29 is 18.4 Å². The first-order chi connectivity index (χ1) is 8.00. The standard InChI is InChI=1S/C11H8BrF2NO2/c12-6-4-7(13)10(8(14)5-6)11(17)15-3-1-2-9(15)16/h4-5H,1-3H2. The molecule has 0 saturated carbocycles. The Labute approximate surface area is 105 Å². The molecule has 1 aliphatic heterocycles. The van der Waals surface area contributed by atoms with E-state index in [2.05, 4.69) is 15.9 Å². The normalized spacial score (nSPS) is 15.5. The first-order valence-corrected chi connectivity index (χ1v) is 5.79. The number of nitrogens with zero attached hydrogens (tertiary/aromatic N) is 1. The summed E-state index contributed by atoms with van der Waals surface area (Å²) in [6.45, 7) is 0.215. The number of carbonyl (C=O) groups excluding carboxylic acids is 2. The first kappa shape index (κ1) is 12.2. The molecule has 0 bridgehead atoms. The molecule has 1 aliphatic rings. The quantitative estimate of drug-likeness (QED) is 0.748. The molecule has 0 unspecified atom stereocenters. The molecule has 1 aromatic rings. The maximum absolute atomic E-state index is 13.5. The number of rotatable bonds is 1. The van der Waals surface area contributed by atoms with Crippen LogP contribution in [-0.4, -0.2) is 23.3 Å². The molecule has 2 amide bonds. The smallest absolute Gasteiger partial charge is 0.266 e. The predicted molar refractivity (Wildman–Crippen MR) is 59.3 cm³/mol. The van der Waals surface area contributed by atoms with Crippen LogP contribution < -0.4 is 0 Å². The van der Waals surface area contributed by atoms with Crippen molar-refractivity contribution in [3.63, 3.8) is 0 Å². The van der Waals surface area contributed by atoms with Crippen molar-refractivity contribution in [2.75, 3.05) is 6.54 Å². The monoisotopic (exact) mass is 303 g/mol. The Hall–Kier alpha value is -1.30. The molecule has 3 nitrogen and oxygen atoms in total. The van der Waals surface area contributed by atoms with Crippen LogP contribution in [0.15, 0.2) is 16.6 Å². The van der Waals surface area contributed by atoms with Crippen LogP contribution in [0.4, 0.5) is 8.78 Å². The molecule has 0 aliphatic carbocycles. The van der Waals surface area contributed by atoms with E-state index in [4.69, 9.17) is 0 Å². The summed E-state index contributed by atoms with van der Waals surface area (Å²) in [5.41, 5.74) is -0.677. The highest BCUT2D eigenvalue weighted by Crippen LogP contribution is 2.22. The summed E-state index contributed by atoms with van der Waals surface area (Å²) in [6, 6.07) is 1.99. The van der Waals surface area contributed by atoms with Gasteiger partial charge in [-0.15, -0.1) is 0 Å². The number of halogens is 3. The van der Waals surface area contributed by atoms with Crippen molar-refractivity contribution in [3.8, 4) is 0 Å². The van der Waals surface area contributed by atoms with Crippen LogP contribution in [0.25, 0.3) is 0 Å². The van der Waals surface area contributed by atoms with E-state index >= 15 is 0 Å². The van der Waals surface area contributed by atoms with Gasteiger partial charge in [0, 0.05) is 17.4 Å². The summed E-state index contributed by atoms with van der Waals surface area (Å²) in [5, 5.41) is 0. The Balaban J connectivity index is 2.40. The molecule has 1 fully saturated rings. The summed E-state index contributed by atoms with van der Waals surface area (Å²) in [5.74, 6) is -3.24. The Morgan fingerprint density at radius 1 is 1.29 bits per heavy atom. The molecule has 1 saturated heterocycles. The average Bonchev–Trinajstić information content (AvgIpc) is 2.62. The SMILES string of the molecule is O=C1CCCN1C(=O)c1c(F)cc(Br)cc1F. The van der Waals surface area contributed by atoms with Crippen molar-refractivity contribution >= 4 is 27.7 Å². The molecular formula is C11H8BrF2NO2. The zero-order valence-corrected chi connectivity index (χ0v) is 10.3. The third kappa shape index (κ3) is 2.22. The molecule has 0 radical (unpaired) electrons. The lowest BCUT2D eigenvalue weighted by Gasteiger charge is -2.14. The van der Waals surface area contributed by atoms with Crippen molar-refractivity contribution in [3.05, 3.63) is 33.8 Å². The molecule has 0 spiro atoms. The highest BCUT2D eigenvalue weighted by molar-refractivity contribution is 9.10. The topological polar surface area (TPSA) is 37.4 Å². The molecule has 2 rings (SSSR count). The Kier molecular flexibility index (Phi) is 3.24. The number of benzene rings is 1. The summed E-state index contributed by atoms with van der Waals surface area (Å²) in [6.07, 6.45) is 0.774. The summed E-state index contributed by atoms with van der Waals surface area (Å²) in [7, 11) is 0. The van der Waals surface area contributed by atoms with Gasteiger partial charge in [0.05, 0.1) is 0 Å². The molecular weight excluding hydrogens is 296 g/mol. The minimum atomic E-state index is -0.971. The van der Waals surface area contributed by atoms with Gasteiger partial charge in [0.2, 0.25) is 5.91 Å². The highest BCUT2D eigenvalue weighted by Gasteiger charge is 2.31. The zero-order chi connectivity index (χ0) is 12.6. The van der Waals surface area contributed by atoms with Crippen LogP contribution >= 0.6 is 15.9 Å². The van der Waals surface area contributed by atoms with Gasteiger partial charge in [0.1, 0.15) is 17.2 Å². The van der Waals surface area contributed by atoms with Crippen molar-refractivity contribution in [1.29, 1.82) is 0 Å². The molecule has 0 N–H and O–H groups in total. The lowest BCUT2D eigenvalue weighted by atomic mass is 10.1. The molecule has 6 heteroatoms. The van der Waals surface area contributed by atoms with Crippen molar-refractivity contribution in [2.45, 2.75) is 12.8 Å². The van der Waals surface area contributed by atoms with Crippen LogP contribution in [0, 0.1) is 11.6 Å². The van der Waals surface area contributed by atoms with Gasteiger partial charge in [0.25, 0.3) is 5.91 Å². The Morgan fingerprint density at radius 2 is 1.88 bits per heavy atom. The van der Waals surface area contributed by atoms with E-state index < -0.39 is 29.0 Å². The van der Waals surface area contributed by atoms with Gasteiger partial charge in [-0.05, 0) is 18.6 Å². The van der Waals surface area contributed by atoms with Gasteiger partial charge < -0.3 is 0 Å². The minimum Gasteiger partial charge on any atom is -0.278 e. The number of imide groups is 1. The molecule has 0 aromatic heterocycles. The number of hydrogen-bond acceptors (Lipinski definition) is 2. The van der Waals surface area contributed by atoms with Crippen LogP contribution in [0.1, 0.15) is 23.2 Å². The molecule has 90 valence electrons. The van der Waals surface area contributed by atoms with E-state index in [0.717, 1.165) is 17.0 Å². The van der Waals surface area contributed by atoms with E-state index in [9.17, 15) is 18.4 Å². The van der Waals surface area contributed by atoms with Gasteiger partial charge in [-0.2, -0.15) is 0 Å². The maximum Gasteiger partial charge on any atom is 0.266 e. The average molecular weight is 304 g/mol. The molecule has 1 heterocycles. The third-order valence-electron chi connectivity index (χ3n) is 2.54. The summed E-state index contributed by atoms with van der Waals surface area (Å²) >= 11 is 2.92. The maximum atomic E-state index is 13.5. The van der Waals surface area contributed by atoms with Gasteiger partial charge in [-0.1, -0.05) is 15.9 Å². The fourth-order valence-electron chi connectivity index (χ4n) is 1.74. The fourth-order valence-corrected chi connectivity index (χ4v) is 2.15. The fraction of sp³-hybridized carbons (Fsp3) is 0.273. The Bertz CT molecular complexity index is 481. The highest BCUT2D eigenvalue weighted by atomic mass is 79.9.